The van der Waals surface area contributed by atoms with Crippen LogP contribution in [-0.4, -0.2) is 11.6 Å². The van der Waals surface area contributed by atoms with Gasteiger partial charge in [-0.2, -0.15) is 0 Å². The van der Waals surface area contributed by atoms with Gasteiger partial charge in [-0.15, -0.1) is 0 Å². The van der Waals surface area contributed by atoms with Crippen molar-refractivity contribution in [3.63, 3.8) is 0 Å². The van der Waals surface area contributed by atoms with Gasteiger partial charge in [-0.3, -0.25) is 9.59 Å². The molecular formula is C12H12Br2O2. The van der Waals surface area contributed by atoms with Crippen molar-refractivity contribution in [2.24, 2.45) is 5.92 Å². The molecule has 0 aromatic heterocycles. The molecule has 0 heterocycles. The number of halogens is 2. The average molecular weight is 348 g/mol. The quantitative estimate of drug-likeness (QED) is 0.609. The van der Waals surface area contributed by atoms with Crippen molar-refractivity contribution in [2.75, 3.05) is 0 Å². The molecule has 0 saturated heterocycles. The highest BCUT2D eigenvalue weighted by atomic mass is 79.9. The van der Waals surface area contributed by atoms with E-state index in [1.54, 1.807) is 32.0 Å². The standard InChI is InChI=1S/C12H12Br2O2/c1-7(2)11(15)6-12(16)8-3-4-9(13)10(14)5-8/h3-5,7H,6H2,1-2H3. The minimum Gasteiger partial charge on any atom is -0.299 e. The van der Waals surface area contributed by atoms with Crippen molar-refractivity contribution in [2.45, 2.75) is 20.3 Å². The molecule has 1 aromatic carbocycles. The number of ketones is 2. The molecule has 2 nitrogen and oxygen atoms in total. The normalized spacial score (nSPS) is 10.6. The maximum absolute atomic E-state index is 11.8. The lowest BCUT2D eigenvalue weighted by Crippen LogP contribution is -2.13. The van der Waals surface area contributed by atoms with E-state index < -0.39 is 0 Å². The van der Waals surface area contributed by atoms with Gasteiger partial charge in [0.2, 0.25) is 0 Å². The number of Topliss-reactive ketones (excluding diaryl/α,β-unsaturated/α-hetero) is 2. The van der Waals surface area contributed by atoms with Crippen LogP contribution in [0, 0.1) is 5.92 Å². The number of benzene rings is 1. The molecule has 16 heavy (non-hydrogen) atoms. The predicted molar refractivity (Wildman–Crippen MR) is 70.6 cm³/mol. The van der Waals surface area contributed by atoms with Crippen LogP contribution in [0.1, 0.15) is 30.6 Å². The molecule has 0 fully saturated rings. The van der Waals surface area contributed by atoms with Crippen molar-refractivity contribution in [1.82, 2.24) is 0 Å². The van der Waals surface area contributed by atoms with E-state index in [0.717, 1.165) is 8.95 Å². The summed E-state index contributed by atoms with van der Waals surface area (Å²) in [4.78, 5) is 23.2. The Kier molecular flexibility index (Phi) is 4.87. The highest BCUT2D eigenvalue weighted by Gasteiger charge is 2.15. The van der Waals surface area contributed by atoms with E-state index in [1.807, 2.05) is 0 Å². The van der Waals surface area contributed by atoms with E-state index in [-0.39, 0.29) is 23.9 Å². The molecule has 0 atom stereocenters. The summed E-state index contributed by atoms with van der Waals surface area (Å²) < 4.78 is 1.70. The summed E-state index contributed by atoms with van der Waals surface area (Å²) in [6, 6.07) is 5.22. The summed E-state index contributed by atoms with van der Waals surface area (Å²) in [5, 5.41) is 0. The molecule has 0 saturated carbocycles. The second-order valence-corrected chi connectivity index (χ2v) is 5.56. The minimum absolute atomic E-state index is 0.0221. The highest BCUT2D eigenvalue weighted by Crippen LogP contribution is 2.24. The van der Waals surface area contributed by atoms with Crippen LogP contribution >= 0.6 is 31.9 Å². The summed E-state index contributed by atoms with van der Waals surface area (Å²) in [7, 11) is 0. The van der Waals surface area contributed by atoms with Crippen LogP contribution in [-0.2, 0) is 4.79 Å². The van der Waals surface area contributed by atoms with Gasteiger partial charge in [-0.25, -0.2) is 0 Å². The molecule has 0 spiro atoms. The zero-order chi connectivity index (χ0) is 12.3. The average Bonchev–Trinajstić information content (AvgIpc) is 2.21. The summed E-state index contributed by atoms with van der Waals surface area (Å²) in [5.74, 6) is -0.251. The maximum atomic E-state index is 11.8. The van der Waals surface area contributed by atoms with Crippen LogP contribution in [0.25, 0.3) is 0 Å². The molecule has 0 unspecified atom stereocenters. The van der Waals surface area contributed by atoms with Gasteiger partial charge in [0.05, 0.1) is 6.42 Å². The van der Waals surface area contributed by atoms with E-state index in [9.17, 15) is 9.59 Å². The van der Waals surface area contributed by atoms with Gasteiger partial charge in [0.1, 0.15) is 5.78 Å². The second kappa shape index (κ2) is 5.73. The van der Waals surface area contributed by atoms with Crippen molar-refractivity contribution in [1.29, 1.82) is 0 Å². The molecule has 0 amide bonds. The molecule has 0 bridgehead atoms. The Morgan fingerprint density at radius 2 is 1.81 bits per heavy atom. The summed E-state index contributed by atoms with van der Waals surface area (Å²) in [6.45, 7) is 3.60. The Morgan fingerprint density at radius 1 is 1.19 bits per heavy atom. The number of rotatable bonds is 4. The smallest absolute Gasteiger partial charge is 0.170 e. The summed E-state index contributed by atoms with van der Waals surface area (Å²) >= 11 is 6.65. The molecule has 86 valence electrons. The topological polar surface area (TPSA) is 34.1 Å². The van der Waals surface area contributed by atoms with E-state index >= 15 is 0 Å². The summed E-state index contributed by atoms with van der Waals surface area (Å²) in [5.41, 5.74) is 0.559. The molecular weight excluding hydrogens is 336 g/mol. The Labute approximate surface area is 112 Å². The van der Waals surface area contributed by atoms with Crippen molar-refractivity contribution < 1.29 is 9.59 Å². The minimum atomic E-state index is -0.132. The van der Waals surface area contributed by atoms with Crippen LogP contribution < -0.4 is 0 Å². The number of carbonyl (C=O) groups is 2. The zero-order valence-corrected chi connectivity index (χ0v) is 12.3. The van der Waals surface area contributed by atoms with E-state index in [0.29, 0.717) is 5.56 Å². The van der Waals surface area contributed by atoms with Crippen molar-refractivity contribution >= 4 is 43.4 Å². The molecule has 0 radical (unpaired) electrons. The van der Waals surface area contributed by atoms with Crippen LogP contribution in [0.2, 0.25) is 0 Å². The zero-order valence-electron chi connectivity index (χ0n) is 9.09. The first-order valence-electron chi connectivity index (χ1n) is 4.92. The summed E-state index contributed by atoms with van der Waals surface area (Å²) in [6.07, 6.45) is -0.0221. The second-order valence-electron chi connectivity index (χ2n) is 3.85. The lowest BCUT2D eigenvalue weighted by atomic mass is 10.00. The highest BCUT2D eigenvalue weighted by molar-refractivity contribution is 9.13. The molecule has 0 aliphatic heterocycles. The van der Waals surface area contributed by atoms with Gasteiger partial charge in [-0.05, 0) is 44.0 Å². The van der Waals surface area contributed by atoms with Gasteiger partial charge in [0.25, 0.3) is 0 Å². The van der Waals surface area contributed by atoms with Crippen LogP contribution in [0.5, 0.6) is 0 Å². The van der Waals surface area contributed by atoms with Gasteiger partial charge >= 0.3 is 0 Å². The Bertz CT molecular complexity index is 425. The third kappa shape index (κ3) is 3.52. The van der Waals surface area contributed by atoms with Gasteiger partial charge in [-0.1, -0.05) is 19.9 Å². The van der Waals surface area contributed by atoms with Crippen molar-refractivity contribution in [3.8, 4) is 0 Å². The monoisotopic (exact) mass is 346 g/mol. The Hall–Kier alpha value is -0.480. The predicted octanol–water partition coefficient (Wildman–Crippen LogP) is 4.01. The van der Waals surface area contributed by atoms with E-state index in [2.05, 4.69) is 31.9 Å². The van der Waals surface area contributed by atoms with Crippen LogP contribution in [0.15, 0.2) is 27.1 Å². The van der Waals surface area contributed by atoms with Gasteiger partial charge in [0.15, 0.2) is 5.78 Å². The Balaban J connectivity index is 2.81. The molecule has 0 N–H and O–H groups in total. The Morgan fingerprint density at radius 3 is 2.31 bits per heavy atom. The molecule has 4 heteroatoms. The first-order valence-corrected chi connectivity index (χ1v) is 6.51. The van der Waals surface area contributed by atoms with Crippen molar-refractivity contribution in [3.05, 3.63) is 32.7 Å². The fourth-order valence-corrected chi connectivity index (χ4v) is 1.76. The largest absolute Gasteiger partial charge is 0.299 e. The maximum Gasteiger partial charge on any atom is 0.170 e. The first kappa shape index (κ1) is 13.6. The van der Waals surface area contributed by atoms with E-state index in [1.165, 1.54) is 0 Å². The molecule has 0 aliphatic rings. The number of hydrogen-bond donors (Lipinski definition) is 0. The number of hydrogen-bond acceptors (Lipinski definition) is 2. The van der Waals surface area contributed by atoms with Crippen LogP contribution in [0.4, 0.5) is 0 Å². The van der Waals surface area contributed by atoms with Gasteiger partial charge < -0.3 is 0 Å². The molecule has 1 rings (SSSR count). The van der Waals surface area contributed by atoms with E-state index in [4.69, 9.17) is 0 Å². The first-order chi connectivity index (χ1) is 7.41. The fraction of sp³-hybridized carbons (Fsp3) is 0.333. The third-order valence-electron chi connectivity index (χ3n) is 2.22. The molecule has 0 aliphatic carbocycles. The lowest BCUT2D eigenvalue weighted by molar-refractivity contribution is -0.121. The fourth-order valence-electron chi connectivity index (χ4n) is 1.13. The molecule has 1 aromatic rings. The lowest BCUT2D eigenvalue weighted by Gasteiger charge is -2.04. The number of carbonyl (C=O) groups excluding carboxylic acids is 2. The third-order valence-corrected chi connectivity index (χ3v) is 4.10. The van der Waals surface area contributed by atoms with Gasteiger partial charge in [0, 0.05) is 20.4 Å². The SMILES string of the molecule is CC(C)C(=O)CC(=O)c1ccc(Br)c(Br)c1. The van der Waals surface area contributed by atoms with Crippen LogP contribution in [0.3, 0.4) is 0 Å².